The Balaban J connectivity index is 3.33. The van der Waals surface area contributed by atoms with Crippen LogP contribution in [0.5, 0.6) is 0 Å². The topological polar surface area (TPSA) is 75.7 Å². The zero-order chi connectivity index (χ0) is 9.84. The predicted molar refractivity (Wildman–Crippen MR) is 45.1 cm³/mol. The van der Waals surface area contributed by atoms with Crippen molar-refractivity contribution in [1.29, 1.82) is 0 Å². The standard InChI is InChI=1S/C8H7FN2O2/c9-7-3-1-2-5(8(12)13)6(7)4-11-10/h1-4H,10H2,(H,12,13). The highest BCUT2D eigenvalue weighted by atomic mass is 19.1. The SMILES string of the molecule is NN=Cc1c(F)cccc1C(=O)O. The monoisotopic (exact) mass is 182 g/mol. The third-order valence-corrected chi connectivity index (χ3v) is 1.49. The molecule has 0 saturated heterocycles. The molecule has 0 aliphatic heterocycles. The summed E-state index contributed by atoms with van der Waals surface area (Å²) in [4.78, 5) is 10.6. The molecule has 1 aromatic rings. The summed E-state index contributed by atoms with van der Waals surface area (Å²) in [6.07, 6.45) is 0.971. The van der Waals surface area contributed by atoms with E-state index in [0.29, 0.717) is 0 Å². The Bertz CT molecular complexity index is 363. The lowest BCUT2D eigenvalue weighted by molar-refractivity contribution is 0.0696. The van der Waals surface area contributed by atoms with Gasteiger partial charge in [0, 0.05) is 5.56 Å². The second kappa shape index (κ2) is 3.66. The van der Waals surface area contributed by atoms with Crippen LogP contribution in [0.2, 0.25) is 0 Å². The Hall–Kier alpha value is -1.91. The van der Waals surface area contributed by atoms with Crippen LogP contribution in [0.15, 0.2) is 23.3 Å². The Labute approximate surface area is 73.5 Å². The molecular formula is C8H7FN2O2. The lowest BCUT2D eigenvalue weighted by Crippen LogP contribution is -2.04. The maximum Gasteiger partial charge on any atom is 0.336 e. The van der Waals surface area contributed by atoms with Crippen molar-refractivity contribution < 1.29 is 14.3 Å². The summed E-state index contributed by atoms with van der Waals surface area (Å²) in [6.45, 7) is 0. The summed E-state index contributed by atoms with van der Waals surface area (Å²) in [5, 5.41) is 11.7. The molecule has 0 spiro atoms. The molecule has 4 nitrogen and oxygen atoms in total. The molecule has 68 valence electrons. The fraction of sp³-hybridized carbons (Fsp3) is 0. The van der Waals surface area contributed by atoms with E-state index in [1.54, 1.807) is 0 Å². The predicted octanol–water partition coefficient (Wildman–Crippen LogP) is 0.817. The Morgan fingerprint density at radius 3 is 2.85 bits per heavy atom. The number of nitrogens with zero attached hydrogens (tertiary/aromatic N) is 1. The lowest BCUT2D eigenvalue weighted by atomic mass is 10.1. The second-order valence-electron chi connectivity index (χ2n) is 2.28. The fourth-order valence-electron chi connectivity index (χ4n) is 0.929. The van der Waals surface area contributed by atoms with Gasteiger partial charge in [-0.3, -0.25) is 0 Å². The average molecular weight is 182 g/mol. The second-order valence-corrected chi connectivity index (χ2v) is 2.28. The van der Waals surface area contributed by atoms with Gasteiger partial charge in [-0.05, 0) is 12.1 Å². The first-order valence-electron chi connectivity index (χ1n) is 3.42. The van der Waals surface area contributed by atoms with Gasteiger partial charge >= 0.3 is 5.97 Å². The average Bonchev–Trinajstić information content (AvgIpc) is 2.08. The van der Waals surface area contributed by atoms with Crippen molar-refractivity contribution in [2.24, 2.45) is 10.9 Å². The van der Waals surface area contributed by atoms with Crippen LogP contribution in [0.25, 0.3) is 0 Å². The highest BCUT2D eigenvalue weighted by Crippen LogP contribution is 2.10. The van der Waals surface area contributed by atoms with E-state index < -0.39 is 11.8 Å². The number of carboxylic acids is 1. The lowest BCUT2D eigenvalue weighted by Gasteiger charge is -2.00. The van der Waals surface area contributed by atoms with Gasteiger partial charge in [0.15, 0.2) is 0 Å². The Kier molecular flexibility index (Phi) is 2.59. The first-order chi connectivity index (χ1) is 6.16. The molecule has 0 aliphatic rings. The zero-order valence-corrected chi connectivity index (χ0v) is 6.57. The minimum absolute atomic E-state index is 0.113. The number of halogens is 1. The molecule has 0 aromatic heterocycles. The fourth-order valence-corrected chi connectivity index (χ4v) is 0.929. The molecule has 13 heavy (non-hydrogen) atoms. The molecule has 5 heteroatoms. The van der Waals surface area contributed by atoms with Gasteiger partial charge in [-0.25, -0.2) is 9.18 Å². The molecular weight excluding hydrogens is 175 g/mol. The van der Waals surface area contributed by atoms with E-state index in [4.69, 9.17) is 10.9 Å². The maximum atomic E-state index is 13.0. The first kappa shape index (κ1) is 9.18. The Morgan fingerprint density at radius 2 is 2.31 bits per heavy atom. The van der Waals surface area contributed by atoms with E-state index in [-0.39, 0.29) is 11.1 Å². The molecule has 0 radical (unpaired) electrons. The van der Waals surface area contributed by atoms with E-state index in [0.717, 1.165) is 12.3 Å². The van der Waals surface area contributed by atoms with Crippen molar-refractivity contribution in [3.63, 3.8) is 0 Å². The van der Waals surface area contributed by atoms with Gasteiger partial charge in [-0.1, -0.05) is 6.07 Å². The number of benzene rings is 1. The summed E-state index contributed by atoms with van der Waals surface area (Å²) in [6, 6.07) is 3.73. The summed E-state index contributed by atoms with van der Waals surface area (Å²) in [5.74, 6) is 2.94. The zero-order valence-electron chi connectivity index (χ0n) is 6.57. The first-order valence-corrected chi connectivity index (χ1v) is 3.42. The summed E-state index contributed by atoms with van der Waals surface area (Å²) >= 11 is 0. The molecule has 1 aromatic carbocycles. The van der Waals surface area contributed by atoms with E-state index in [9.17, 15) is 9.18 Å². The van der Waals surface area contributed by atoms with E-state index >= 15 is 0 Å². The van der Waals surface area contributed by atoms with Gasteiger partial charge in [0.1, 0.15) is 5.82 Å². The van der Waals surface area contributed by atoms with Crippen LogP contribution in [-0.4, -0.2) is 17.3 Å². The smallest absolute Gasteiger partial charge is 0.336 e. The van der Waals surface area contributed by atoms with Crippen LogP contribution in [0.3, 0.4) is 0 Å². The normalized spacial score (nSPS) is 10.5. The molecule has 0 atom stereocenters. The molecule has 3 N–H and O–H groups in total. The van der Waals surface area contributed by atoms with Crippen molar-refractivity contribution in [3.8, 4) is 0 Å². The number of hydrogen-bond donors (Lipinski definition) is 2. The molecule has 1 rings (SSSR count). The highest BCUT2D eigenvalue weighted by molar-refractivity contribution is 5.98. The van der Waals surface area contributed by atoms with Crippen molar-refractivity contribution in [2.75, 3.05) is 0 Å². The van der Waals surface area contributed by atoms with E-state index in [1.165, 1.54) is 12.1 Å². The van der Waals surface area contributed by atoms with Gasteiger partial charge in [-0.2, -0.15) is 5.10 Å². The van der Waals surface area contributed by atoms with Crippen LogP contribution < -0.4 is 5.84 Å². The number of carboxylic acid groups (broad SMARTS) is 1. The third kappa shape index (κ3) is 1.81. The largest absolute Gasteiger partial charge is 0.478 e. The highest BCUT2D eigenvalue weighted by Gasteiger charge is 2.11. The van der Waals surface area contributed by atoms with Crippen LogP contribution in [-0.2, 0) is 0 Å². The van der Waals surface area contributed by atoms with Crippen molar-refractivity contribution in [1.82, 2.24) is 0 Å². The maximum absolute atomic E-state index is 13.0. The number of rotatable bonds is 2. The van der Waals surface area contributed by atoms with Crippen LogP contribution in [0, 0.1) is 5.82 Å². The van der Waals surface area contributed by atoms with Crippen LogP contribution >= 0.6 is 0 Å². The quantitative estimate of drug-likeness (QED) is 0.404. The third-order valence-electron chi connectivity index (χ3n) is 1.49. The minimum Gasteiger partial charge on any atom is -0.478 e. The number of carbonyl (C=O) groups is 1. The molecule has 0 fully saturated rings. The van der Waals surface area contributed by atoms with Gasteiger partial charge in [0.25, 0.3) is 0 Å². The Morgan fingerprint density at radius 1 is 1.62 bits per heavy atom. The van der Waals surface area contributed by atoms with Gasteiger partial charge in [0.2, 0.25) is 0 Å². The van der Waals surface area contributed by atoms with E-state index in [2.05, 4.69) is 5.10 Å². The van der Waals surface area contributed by atoms with Crippen LogP contribution in [0.4, 0.5) is 4.39 Å². The van der Waals surface area contributed by atoms with Gasteiger partial charge in [0.05, 0.1) is 11.8 Å². The number of aromatic carboxylic acids is 1. The van der Waals surface area contributed by atoms with E-state index in [1.807, 2.05) is 0 Å². The summed E-state index contributed by atoms with van der Waals surface area (Å²) in [5.41, 5.74) is -0.272. The van der Waals surface area contributed by atoms with Gasteiger partial charge in [-0.15, -0.1) is 0 Å². The molecule has 0 unspecified atom stereocenters. The van der Waals surface area contributed by atoms with Gasteiger partial charge < -0.3 is 10.9 Å². The summed E-state index contributed by atoms with van der Waals surface area (Å²) in [7, 11) is 0. The van der Waals surface area contributed by atoms with Crippen molar-refractivity contribution in [3.05, 3.63) is 35.1 Å². The van der Waals surface area contributed by atoms with Crippen molar-refractivity contribution in [2.45, 2.75) is 0 Å². The van der Waals surface area contributed by atoms with Crippen LogP contribution in [0.1, 0.15) is 15.9 Å². The number of hydrazone groups is 1. The summed E-state index contributed by atoms with van der Waals surface area (Å²) < 4.78 is 13.0. The number of hydrogen-bond acceptors (Lipinski definition) is 3. The molecule has 0 bridgehead atoms. The molecule has 0 aliphatic carbocycles. The molecule has 0 amide bonds. The minimum atomic E-state index is -1.21. The molecule has 0 heterocycles. The van der Waals surface area contributed by atoms with Crippen molar-refractivity contribution >= 4 is 12.2 Å². The number of nitrogens with two attached hydrogens (primary N) is 1. The molecule has 0 saturated carbocycles.